The van der Waals surface area contributed by atoms with Crippen LogP contribution in [-0.2, 0) is 17.0 Å². The first-order chi connectivity index (χ1) is 6.25. The number of allylic oxidation sites excluding steroid dienone is 1. The summed E-state index contributed by atoms with van der Waals surface area (Å²) in [6.45, 7) is 5.65. The number of hydrogen-bond acceptors (Lipinski definition) is 1. The summed E-state index contributed by atoms with van der Waals surface area (Å²) >= 11 is 2.47. The quantitative estimate of drug-likeness (QED) is 0.676. The molecule has 0 N–H and O–H groups in total. The molecule has 0 amide bonds. The molecule has 0 unspecified atom stereocenters. The predicted molar refractivity (Wildman–Crippen MR) is 54.0 cm³/mol. The molecule has 0 aliphatic carbocycles. The van der Waals surface area contributed by atoms with Gasteiger partial charge in [0, 0.05) is 0 Å². The molecule has 2 heteroatoms. The predicted octanol–water partition coefficient (Wildman–Crippen LogP) is 2.28. The van der Waals surface area contributed by atoms with E-state index in [9.17, 15) is 0 Å². The van der Waals surface area contributed by atoms with Crippen molar-refractivity contribution in [1.29, 1.82) is 0 Å². The van der Waals surface area contributed by atoms with Crippen molar-refractivity contribution in [3.63, 3.8) is 0 Å². The number of aliphatic imine (C=N–C) groups is 1. The minimum atomic E-state index is 0.963. The Balaban J connectivity index is 2.95. The van der Waals surface area contributed by atoms with Crippen LogP contribution in [0.2, 0.25) is 0 Å². The van der Waals surface area contributed by atoms with E-state index in [2.05, 4.69) is 47.6 Å². The molecule has 0 saturated carbocycles. The van der Waals surface area contributed by atoms with E-state index < -0.39 is 0 Å². The summed E-state index contributed by atoms with van der Waals surface area (Å²) in [6, 6.07) is 8.17. The maximum atomic E-state index is 4.22. The zero-order chi connectivity index (χ0) is 9.68. The van der Waals surface area contributed by atoms with E-state index in [1.165, 1.54) is 11.1 Å². The Morgan fingerprint density at radius 1 is 1.46 bits per heavy atom. The average Bonchev–Trinajstić information content (AvgIpc) is 2.15. The molecule has 1 nitrogen and oxygen atoms in total. The van der Waals surface area contributed by atoms with Crippen molar-refractivity contribution in [2.45, 2.75) is 6.92 Å². The Hall–Kier alpha value is -0.916. The van der Waals surface area contributed by atoms with E-state index in [0.717, 1.165) is 4.35 Å². The SMILES string of the molecule is C=CC=N[C](=[V])c1ccccc1C. The second-order valence-corrected chi connectivity index (χ2v) is 3.31. The van der Waals surface area contributed by atoms with Crippen LogP contribution in [0.1, 0.15) is 11.1 Å². The number of nitrogens with zero attached hydrogens (tertiary/aromatic N) is 1. The van der Waals surface area contributed by atoms with E-state index in [4.69, 9.17) is 0 Å². The van der Waals surface area contributed by atoms with Crippen LogP contribution in [0.3, 0.4) is 0 Å². The zero-order valence-corrected chi connectivity index (χ0v) is 8.96. The summed E-state index contributed by atoms with van der Waals surface area (Å²) in [5, 5.41) is 0. The van der Waals surface area contributed by atoms with Crippen LogP contribution in [0, 0.1) is 6.92 Å². The Morgan fingerprint density at radius 3 is 2.77 bits per heavy atom. The van der Waals surface area contributed by atoms with Gasteiger partial charge in [-0.3, -0.25) is 0 Å². The van der Waals surface area contributed by atoms with Crippen LogP contribution in [0.5, 0.6) is 0 Å². The molecule has 1 aromatic carbocycles. The number of hydrogen-bond donors (Lipinski definition) is 0. The first-order valence-electron chi connectivity index (χ1n) is 4.02. The Kier molecular flexibility index (Phi) is 3.87. The van der Waals surface area contributed by atoms with E-state index in [1.54, 1.807) is 12.3 Å². The van der Waals surface area contributed by atoms with Gasteiger partial charge in [0.1, 0.15) is 0 Å². The van der Waals surface area contributed by atoms with Crippen LogP contribution in [-0.4, -0.2) is 10.6 Å². The average molecular weight is 208 g/mol. The molecule has 1 rings (SSSR count). The first kappa shape index (κ1) is 10.2. The summed E-state index contributed by atoms with van der Waals surface area (Å²) in [4.78, 5) is 4.22. The van der Waals surface area contributed by atoms with Gasteiger partial charge in [0.25, 0.3) is 0 Å². The molecule has 0 radical (unpaired) electrons. The number of rotatable bonds is 3. The Labute approximate surface area is 87.7 Å². The molecule has 0 atom stereocenters. The molecule has 0 fully saturated rings. The number of benzene rings is 1. The van der Waals surface area contributed by atoms with Crippen molar-refractivity contribution in [1.82, 2.24) is 0 Å². The summed E-state index contributed by atoms with van der Waals surface area (Å²) in [7, 11) is 0. The van der Waals surface area contributed by atoms with Gasteiger partial charge in [-0.25, -0.2) is 0 Å². The zero-order valence-electron chi connectivity index (χ0n) is 7.57. The third-order valence-electron chi connectivity index (χ3n) is 1.69. The van der Waals surface area contributed by atoms with Crippen LogP contribution in [0.15, 0.2) is 41.9 Å². The van der Waals surface area contributed by atoms with E-state index in [1.807, 2.05) is 12.1 Å². The fraction of sp³-hybridized carbons (Fsp3) is 0.0909. The van der Waals surface area contributed by atoms with Gasteiger partial charge in [0.2, 0.25) is 0 Å². The van der Waals surface area contributed by atoms with Crippen molar-refractivity contribution >= 4 is 10.6 Å². The van der Waals surface area contributed by atoms with Crippen LogP contribution in [0.25, 0.3) is 0 Å². The third-order valence-corrected chi connectivity index (χ3v) is 2.24. The molecular weight excluding hydrogens is 197 g/mol. The van der Waals surface area contributed by atoms with Gasteiger partial charge in [0.05, 0.1) is 0 Å². The normalized spacial score (nSPS) is 10.2. The van der Waals surface area contributed by atoms with Crippen LogP contribution < -0.4 is 0 Å². The molecule has 1 aromatic rings. The Bertz CT molecular complexity index is 353. The molecule has 0 aliphatic rings. The van der Waals surface area contributed by atoms with Gasteiger partial charge in [-0.2, -0.15) is 0 Å². The molecule has 0 bridgehead atoms. The van der Waals surface area contributed by atoms with Gasteiger partial charge in [-0.05, 0) is 0 Å². The summed E-state index contributed by atoms with van der Waals surface area (Å²) < 4.78 is 0.963. The topological polar surface area (TPSA) is 12.4 Å². The minimum absolute atomic E-state index is 0.963. The van der Waals surface area contributed by atoms with E-state index in [-0.39, 0.29) is 0 Å². The monoisotopic (exact) mass is 208 g/mol. The van der Waals surface area contributed by atoms with Crippen molar-refractivity contribution in [3.05, 3.63) is 48.0 Å². The van der Waals surface area contributed by atoms with Gasteiger partial charge in [-0.15, -0.1) is 0 Å². The molecule has 0 heterocycles. The first-order valence-corrected chi connectivity index (χ1v) is 4.72. The summed E-state index contributed by atoms with van der Waals surface area (Å²) in [5.74, 6) is 0. The molecule has 0 spiro atoms. The molecule has 0 aliphatic heterocycles. The summed E-state index contributed by atoms with van der Waals surface area (Å²) in [5.41, 5.74) is 2.40. The van der Waals surface area contributed by atoms with Crippen LogP contribution in [0.4, 0.5) is 0 Å². The van der Waals surface area contributed by atoms with Crippen molar-refractivity contribution < 1.29 is 17.0 Å². The second-order valence-electron chi connectivity index (χ2n) is 2.65. The Morgan fingerprint density at radius 2 is 2.15 bits per heavy atom. The van der Waals surface area contributed by atoms with Crippen molar-refractivity contribution in [2.24, 2.45) is 4.99 Å². The number of aryl methyl sites for hydroxylation is 1. The van der Waals surface area contributed by atoms with E-state index in [0.29, 0.717) is 0 Å². The second kappa shape index (κ2) is 4.95. The molecule has 65 valence electrons. The molecule has 0 saturated heterocycles. The van der Waals surface area contributed by atoms with Gasteiger partial charge < -0.3 is 0 Å². The van der Waals surface area contributed by atoms with Gasteiger partial charge in [-0.1, -0.05) is 0 Å². The van der Waals surface area contributed by atoms with Crippen molar-refractivity contribution in [3.8, 4) is 0 Å². The molecule has 13 heavy (non-hydrogen) atoms. The van der Waals surface area contributed by atoms with Gasteiger partial charge >= 0.3 is 87.5 Å². The van der Waals surface area contributed by atoms with Crippen molar-refractivity contribution in [2.75, 3.05) is 0 Å². The fourth-order valence-electron chi connectivity index (χ4n) is 1.02. The standard InChI is InChI=1S/C11H11N.V/c1-3-8-12-9-11-7-5-4-6-10(11)2;/h3-8H,1H2,2H3;. The maximum absolute atomic E-state index is 4.22. The molecule has 0 aromatic heterocycles. The van der Waals surface area contributed by atoms with Crippen LogP contribution >= 0.6 is 0 Å². The van der Waals surface area contributed by atoms with Gasteiger partial charge in [0.15, 0.2) is 0 Å². The summed E-state index contributed by atoms with van der Waals surface area (Å²) in [6.07, 6.45) is 3.37. The fourth-order valence-corrected chi connectivity index (χ4v) is 1.51. The third kappa shape index (κ3) is 2.80. The van der Waals surface area contributed by atoms with E-state index >= 15 is 0 Å². The molecular formula is C11H11NV.